The third-order valence-corrected chi connectivity index (χ3v) is 3.35. The Morgan fingerprint density at radius 3 is 2.33 bits per heavy atom. The van der Waals surface area contributed by atoms with E-state index in [2.05, 4.69) is 10.6 Å². The second-order valence-electron chi connectivity index (χ2n) is 4.49. The van der Waals surface area contributed by atoms with Crippen molar-refractivity contribution in [2.75, 3.05) is 10.6 Å². The maximum absolute atomic E-state index is 13.1. The first-order valence-electron chi connectivity index (χ1n) is 6.24. The van der Waals surface area contributed by atoms with Crippen LogP contribution >= 0.6 is 23.2 Å². The monoisotopic (exact) mass is 326 g/mol. The van der Waals surface area contributed by atoms with E-state index in [1.807, 2.05) is 0 Å². The zero-order valence-corrected chi connectivity index (χ0v) is 12.7. The van der Waals surface area contributed by atoms with Crippen LogP contribution in [0.1, 0.15) is 6.92 Å². The van der Waals surface area contributed by atoms with Crippen LogP contribution in [0.2, 0.25) is 10.0 Å². The van der Waals surface area contributed by atoms with Crippen LogP contribution < -0.4 is 10.6 Å². The molecule has 0 spiro atoms. The van der Waals surface area contributed by atoms with E-state index in [4.69, 9.17) is 23.2 Å². The molecule has 0 unspecified atom stereocenters. The van der Waals surface area contributed by atoms with Crippen molar-refractivity contribution in [1.29, 1.82) is 0 Å². The number of benzene rings is 2. The fraction of sp³-hybridized carbons (Fsp3) is 0.133. The number of rotatable bonds is 4. The zero-order chi connectivity index (χ0) is 15.4. The number of amides is 1. The first-order chi connectivity index (χ1) is 9.95. The van der Waals surface area contributed by atoms with Gasteiger partial charge in [0, 0.05) is 16.4 Å². The lowest BCUT2D eigenvalue weighted by Gasteiger charge is -2.15. The predicted molar refractivity (Wildman–Crippen MR) is 84.6 cm³/mol. The summed E-state index contributed by atoms with van der Waals surface area (Å²) >= 11 is 11.5. The molecule has 2 aromatic rings. The molecule has 2 N–H and O–H groups in total. The molecular formula is C15H13Cl2FN2O. The fourth-order valence-corrected chi connectivity index (χ4v) is 1.99. The van der Waals surface area contributed by atoms with Crippen molar-refractivity contribution in [3.63, 3.8) is 0 Å². The van der Waals surface area contributed by atoms with Gasteiger partial charge in [-0.2, -0.15) is 0 Å². The van der Waals surface area contributed by atoms with Crippen molar-refractivity contribution in [2.24, 2.45) is 0 Å². The molecule has 0 aliphatic heterocycles. The lowest BCUT2D eigenvalue weighted by molar-refractivity contribution is -0.116. The van der Waals surface area contributed by atoms with Crippen LogP contribution in [0, 0.1) is 5.82 Å². The fourth-order valence-electron chi connectivity index (χ4n) is 1.69. The van der Waals surface area contributed by atoms with E-state index in [1.165, 1.54) is 18.2 Å². The Bertz CT molecular complexity index is 647. The van der Waals surface area contributed by atoms with E-state index >= 15 is 0 Å². The Morgan fingerprint density at radius 2 is 1.71 bits per heavy atom. The van der Waals surface area contributed by atoms with E-state index in [-0.39, 0.29) is 10.9 Å². The molecule has 3 nitrogen and oxygen atoms in total. The van der Waals surface area contributed by atoms with Gasteiger partial charge in [0.2, 0.25) is 5.91 Å². The second-order valence-corrected chi connectivity index (χ2v) is 5.33. The normalized spacial score (nSPS) is 11.8. The highest BCUT2D eigenvalue weighted by atomic mass is 35.5. The first kappa shape index (κ1) is 15.6. The highest BCUT2D eigenvalue weighted by Gasteiger charge is 2.13. The van der Waals surface area contributed by atoms with Crippen LogP contribution in [-0.2, 0) is 4.79 Å². The molecule has 0 fully saturated rings. The largest absolute Gasteiger partial charge is 0.374 e. The number of hydrogen-bond donors (Lipinski definition) is 2. The van der Waals surface area contributed by atoms with E-state index in [0.29, 0.717) is 16.4 Å². The standard InChI is InChI=1S/C15H13Cl2FN2O/c1-9(19-12-6-7-14(18)13(17)8-12)15(21)20-11-4-2-10(16)3-5-11/h2-9,19H,1H3,(H,20,21)/t9-/m1/s1. The lowest BCUT2D eigenvalue weighted by Crippen LogP contribution is -2.31. The molecule has 0 bridgehead atoms. The summed E-state index contributed by atoms with van der Waals surface area (Å²) in [6.07, 6.45) is 0. The van der Waals surface area contributed by atoms with Crippen molar-refractivity contribution < 1.29 is 9.18 Å². The Hall–Kier alpha value is -1.78. The number of carbonyl (C=O) groups excluding carboxylic acids is 1. The number of nitrogens with one attached hydrogen (secondary N) is 2. The molecule has 0 aromatic heterocycles. The summed E-state index contributed by atoms with van der Waals surface area (Å²) in [5.41, 5.74) is 1.22. The lowest BCUT2D eigenvalue weighted by atomic mass is 10.2. The summed E-state index contributed by atoms with van der Waals surface area (Å²) in [6.45, 7) is 1.70. The summed E-state index contributed by atoms with van der Waals surface area (Å²) < 4.78 is 13.1. The molecule has 0 heterocycles. The Kier molecular flexibility index (Phi) is 5.04. The van der Waals surface area contributed by atoms with Gasteiger partial charge in [0.05, 0.1) is 5.02 Å². The zero-order valence-electron chi connectivity index (χ0n) is 11.2. The number of anilines is 2. The van der Waals surface area contributed by atoms with Gasteiger partial charge < -0.3 is 10.6 Å². The Morgan fingerprint density at radius 1 is 1.10 bits per heavy atom. The van der Waals surface area contributed by atoms with Crippen molar-refractivity contribution in [3.8, 4) is 0 Å². The average Bonchev–Trinajstić information content (AvgIpc) is 2.45. The second kappa shape index (κ2) is 6.78. The molecule has 2 rings (SSSR count). The molecule has 0 saturated carbocycles. The van der Waals surface area contributed by atoms with Gasteiger partial charge in [0.25, 0.3) is 0 Å². The minimum Gasteiger partial charge on any atom is -0.374 e. The van der Waals surface area contributed by atoms with Crippen molar-refractivity contribution in [2.45, 2.75) is 13.0 Å². The van der Waals surface area contributed by atoms with Crippen LogP contribution in [0.3, 0.4) is 0 Å². The van der Waals surface area contributed by atoms with E-state index in [9.17, 15) is 9.18 Å². The third-order valence-electron chi connectivity index (χ3n) is 2.81. The molecular weight excluding hydrogens is 314 g/mol. The van der Waals surface area contributed by atoms with Crippen LogP contribution in [0.25, 0.3) is 0 Å². The summed E-state index contributed by atoms with van der Waals surface area (Å²) in [6, 6.07) is 10.5. The minimum absolute atomic E-state index is 0.00492. The van der Waals surface area contributed by atoms with Crippen molar-refractivity contribution in [3.05, 3.63) is 58.3 Å². The smallest absolute Gasteiger partial charge is 0.246 e. The first-order valence-corrected chi connectivity index (χ1v) is 6.99. The van der Waals surface area contributed by atoms with Gasteiger partial charge in [-0.25, -0.2) is 4.39 Å². The molecule has 0 radical (unpaired) electrons. The van der Waals surface area contributed by atoms with Crippen LogP contribution in [0.5, 0.6) is 0 Å². The maximum atomic E-state index is 13.1. The van der Waals surface area contributed by atoms with Gasteiger partial charge in [-0.1, -0.05) is 23.2 Å². The molecule has 1 atom stereocenters. The van der Waals surface area contributed by atoms with E-state index in [1.54, 1.807) is 31.2 Å². The van der Waals surface area contributed by atoms with E-state index < -0.39 is 11.9 Å². The van der Waals surface area contributed by atoms with Gasteiger partial charge in [-0.3, -0.25) is 4.79 Å². The average molecular weight is 327 g/mol. The molecule has 21 heavy (non-hydrogen) atoms. The Labute approximate surface area is 132 Å². The Balaban J connectivity index is 1.98. The van der Waals surface area contributed by atoms with Gasteiger partial charge in [0.15, 0.2) is 0 Å². The molecule has 110 valence electrons. The van der Waals surface area contributed by atoms with E-state index in [0.717, 1.165) is 0 Å². The van der Waals surface area contributed by atoms with Crippen LogP contribution in [0.4, 0.5) is 15.8 Å². The van der Waals surface area contributed by atoms with Gasteiger partial charge in [-0.05, 0) is 49.4 Å². The maximum Gasteiger partial charge on any atom is 0.246 e. The quantitative estimate of drug-likeness (QED) is 0.863. The summed E-state index contributed by atoms with van der Waals surface area (Å²) in [5.74, 6) is -0.724. The molecule has 0 aliphatic rings. The highest BCUT2D eigenvalue weighted by Crippen LogP contribution is 2.20. The molecule has 0 aliphatic carbocycles. The summed E-state index contributed by atoms with van der Waals surface area (Å²) in [4.78, 5) is 12.0. The van der Waals surface area contributed by atoms with Gasteiger partial charge >= 0.3 is 0 Å². The molecule has 2 aromatic carbocycles. The minimum atomic E-state index is -0.512. The predicted octanol–water partition coefficient (Wildman–Crippen LogP) is 4.57. The molecule has 6 heteroatoms. The highest BCUT2D eigenvalue weighted by molar-refractivity contribution is 6.31. The van der Waals surface area contributed by atoms with Crippen LogP contribution in [-0.4, -0.2) is 11.9 Å². The van der Waals surface area contributed by atoms with Gasteiger partial charge in [-0.15, -0.1) is 0 Å². The van der Waals surface area contributed by atoms with Gasteiger partial charge in [0.1, 0.15) is 11.9 Å². The topological polar surface area (TPSA) is 41.1 Å². The number of hydrogen-bond acceptors (Lipinski definition) is 2. The number of halogens is 3. The van der Waals surface area contributed by atoms with Crippen molar-refractivity contribution in [1.82, 2.24) is 0 Å². The SMILES string of the molecule is C[C@@H](Nc1ccc(F)c(Cl)c1)C(=O)Nc1ccc(Cl)cc1. The molecule has 1 amide bonds. The number of carbonyl (C=O) groups is 1. The van der Waals surface area contributed by atoms with Crippen molar-refractivity contribution >= 4 is 40.5 Å². The molecule has 0 saturated heterocycles. The summed E-state index contributed by atoms with van der Waals surface area (Å²) in [7, 11) is 0. The van der Waals surface area contributed by atoms with Crippen LogP contribution in [0.15, 0.2) is 42.5 Å². The summed E-state index contributed by atoms with van der Waals surface area (Å²) in [5, 5.41) is 6.30. The third kappa shape index (κ3) is 4.34.